The smallest absolute Gasteiger partial charge is 0.321 e. The van der Waals surface area contributed by atoms with Crippen molar-refractivity contribution in [2.24, 2.45) is 0 Å². The zero-order valence-electron chi connectivity index (χ0n) is 15.9. The lowest BCUT2D eigenvalue weighted by atomic mass is 10.0. The summed E-state index contributed by atoms with van der Waals surface area (Å²) < 4.78 is 4.97. The second-order valence-electron chi connectivity index (χ2n) is 6.66. The Morgan fingerprint density at radius 2 is 2.08 bits per heavy atom. The van der Waals surface area contributed by atoms with Crippen molar-refractivity contribution in [3.05, 3.63) is 35.4 Å². The Labute approximate surface area is 155 Å². The first-order valence-corrected chi connectivity index (χ1v) is 9.16. The number of hydrogen-bond acceptors (Lipinski definition) is 5. The summed E-state index contributed by atoms with van der Waals surface area (Å²) >= 11 is 0. The number of piperazine rings is 1. The molecule has 0 spiro atoms. The van der Waals surface area contributed by atoms with Crippen LogP contribution in [-0.2, 0) is 16.0 Å². The van der Waals surface area contributed by atoms with Crippen molar-refractivity contribution in [1.29, 1.82) is 0 Å². The molecule has 2 unspecified atom stereocenters. The molecule has 0 bridgehead atoms. The van der Waals surface area contributed by atoms with Crippen LogP contribution in [0.4, 0.5) is 4.79 Å². The summed E-state index contributed by atoms with van der Waals surface area (Å²) in [5, 5.41) is 8.46. The van der Waals surface area contributed by atoms with Crippen LogP contribution in [0, 0.1) is 0 Å². The van der Waals surface area contributed by atoms with E-state index in [1.165, 1.54) is 11.1 Å². The minimum absolute atomic E-state index is 0.121. The van der Waals surface area contributed by atoms with Gasteiger partial charge in [0.2, 0.25) is 5.91 Å². The second-order valence-corrected chi connectivity index (χ2v) is 6.66. The molecule has 1 aliphatic heterocycles. The fraction of sp³-hybridized carbons (Fsp3) is 0.579. The summed E-state index contributed by atoms with van der Waals surface area (Å²) in [4.78, 5) is 26.3. The average molecular weight is 362 g/mol. The third-order valence-electron chi connectivity index (χ3n) is 4.52. The van der Waals surface area contributed by atoms with Crippen molar-refractivity contribution in [2.75, 3.05) is 39.9 Å². The van der Waals surface area contributed by atoms with Crippen molar-refractivity contribution in [2.45, 2.75) is 32.4 Å². The van der Waals surface area contributed by atoms with Gasteiger partial charge in [-0.15, -0.1) is 0 Å². The molecule has 0 aromatic heterocycles. The molecule has 0 radical (unpaired) electrons. The highest BCUT2D eigenvalue weighted by atomic mass is 16.5. The molecule has 1 fully saturated rings. The number of hydrogen-bond donors (Lipinski definition) is 3. The molecule has 1 aliphatic rings. The minimum Gasteiger partial charge on any atom is -0.383 e. The minimum atomic E-state index is -0.487. The van der Waals surface area contributed by atoms with E-state index in [4.69, 9.17) is 4.74 Å². The van der Waals surface area contributed by atoms with E-state index in [-0.39, 0.29) is 24.5 Å². The van der Waals surface area contributed by atoms with Crippen LogP contribution in [0.2, 0.25) is 0 Å². The summed E-state index contributed by atoms with van der Waals surface area (Å²) in [6, 6.07) is 7.99. The number of urea groups is 1. The number of methoxy groups -OCH3 is 1. The maximum atomic E-state index is 12.3. The summed E-state index contributed by atoms with van der Waals surface area (Å²) in [6.45, 7) is 6.91. The predicted molar refractivity (Wildman–Crippen MR) is 101 cm³/mol. The first-order chi connectivity index (χ1) is 12.5. The van der Waals surface area contributed by atoms with Crippen molar-refractivity contribution >= 4 is 11.9 Å². The molecular weight excluding hydrogens is 332 g/mol. The fourth-order valence-electron chi connectivity index (χ4n) is 3.14. The number of carbonyl (C=O) groups is 2. The maximum absolute atomic E-state index is 12.3. The van der Waals surface area contributed by atoms with Crippen molar-refractivity contribution < 1.29 is 14.3 Å². The molecule has 7 heteroatoms. The van der Waals surface area contributed by atoms with Crippen molar-refractivity contribution in [3.8, 4) is 0 Å². The van der Waals surface area contributed by atoms with Gasteiger partial charge in [0.25, 0.3) is 0 Å². The van der Waals surface area contributed by atoms with Gasteiger partial charge >= 0.3 is 6.03 Å². The lowest BCUT2D eigenvalue weighted by Crippen LogP contribution is -2.52. The SMILES string of the molecule is CCc1ccc(C2CNCCN2CC(=O)NC(=O)NC(C)COC)cc1. The Kier molecular flexibility index (Phi) is 8.03. The molecule has 0 saturated carbocycles. The number of amides is 3. The van der Waals surface area contributed by atoms with E-state index >= 15 is 0 Å². The lowest BCUT2D eigenvalue weighted by Gasteiger charge is -2.36. The van der Waals surface area contributed by atoms with Crippen LogP contribution in [0.15, 0.2) is 24.3 Å². The van der Waals surface area contributed by atoms with E-state index in [0.717, 1.165) is 26.1 Å². The average Bonchev–Trinajstić information content (AvgIpc) is 2.62. The standard InChI is InChI=1S/C19H30N4O3/c1-4-15-5-7-16(8-6-15)17-11-20-9-10-23(17)12-18(24)22-19(25)21-14(2)13-26-3/h5-8,14,17,20H,4,9-13H2,1-3H3,(H2,21,22,24,25). The Morgan fingerprint density at radius 3 is 2.73 bits per heavy atom. The van der Waals surface area contributed by atoms with E-state index in [9.17, 15) is 9.59 Å². The Morgan fingerprint density at radius 1 is 1.35 bits per heavy atom. The molecule has 144 valence electrons. The highest BCUT2D eigenvalue weighted by Gasteiger charge is 2.26. The topological polar surface area (TPSA) is 82.7 Å². The molecule has 7 nitrogen and oxygen atoms in total. The van der Waals surface area contributed by atoms with Gasteiger partial charge in [-0.05, 0) is 24.5 Å². The molecule has 1 aromatic rings. The quantitative estimate of drug-likeness (QED) is 0.676. The van der Waals surface area contributed by atoms with Crippen LogP contribution in [-0.4, -0.2) is 62.8 Å². The number of benzene rings is 1. The Bertz CT molecular complexity index is 591. The van der Waals surface area contributed by atoms with Gasteiger partial charge in [0, 0.05) is 32.8 Å². The number of aryl methyl sites for hydroxylation is 1. The highest BCUT2D eigenvalue weighted by Crippen LogP contribution is 2.22. The normalized spacial score (nSPS) is 19.0. The molecule has 2 atom stereocenters. The fourth-order valence-corrected chi connectivity index (χ4v) is 3.14. The van der Waals surface area contributed by atoms with Gasteiger partial charge in [0.05, 0.1) is 19.2 Å². The number of nitrogens with zero attached hydrogens (tertiary/aromatic N) is 1. The largest absolute Gasteiger partial charge is 0.383 e. The van der Waals surface area contributed by atoms with Gasteiger partial charge in [-0.3, -0.25) is 15.0 Å². The molecule has 1 aromatic carbocycles. The van der Waals surface area contributed by atoms with Gasteiger partial charge in [0.1, 0.15) is 0 Å². The summed E-state index contributed by atoms with van der Waals surface area (Å²) in [7, 11) is 1.57. The van der Waals surface area contributed by atoms with Gasteiger partial charge in [-0.2, -0.15) is 0 Å². The van der Waals surface area contributed by atoms with Gasteiger partial charge in [-0.1, -0.05) is 31.2 Å². The number of carbonyl (C=O) groups excluding carboxylic acids is 2. The van der Waals surface area contributed by atoms with Crippen LogP contribution in [0.25, 0.3) is 0 Å². The van der Waals surface area contributed by atoms with Gasteiger partial charge in [0.15, 0.2) is 0 Å². The number of rotatable bonds is 7. The van der Waals surface area contributed by atoms with E-state index in [0.29, 0.717) is 6.61 Å². The number of ether oxygens (including phenoxy) is 1. The third-order valence-corrected chi connectivity index (χ3v) is 4.52. The van der Waals surface area contributed by atoms with E-state index in [1.807, 2.05) is 6.92 Å². The zero-order valence-corrected chi connectivity index (χ0v) is 15.9. The predicted octanol–water partition coefficient (Wildman–Crippen LogP) is 1.06. The zero-order chi connectivity index (χ0) is 18.9. The molecule has 1 saturated heterocycles. The van der Waals surface area contributed by atoms with Crippen molar-refractivity contribution in [1.82, 2.24) is 20.9 Å². The number of nitrogens with one attached hydrogen (secondary N) is 3. The van der Waals surface area contributed by atoms with Crippen LogP contribution < -0.4 is 16.0 Å². The molecular formula is C19H30N4O3. The first kappa shape index (κ1) is 20.4. The van der Waals surface area contributed by atoms with Gasteiger partial charge in [-0.25, -0.2) is 4.79 Å². The molecule has 2 rings (SSSR count). The third kappa shape index (κ3) is 6.09. The molecule has 0 aliphatic carbocycles. The van der Waals surface area contributed by atoms with E-state index in [2.05, 4.69) is 52.0 Å². The summed E-state index contributed by atoms with van der Waals surface area (Å²) in [5.41, 5.74) is 2.48. The number of imide groups is 1. The summed E-state index contributed by atoms with van der Waals surface area (Å²) in [5.74, 6) is -0.302. The Hall–Kier alpha value is -1.96. The van der Waals surface area contributed by atoms with E-state index in [1.54, 1.807) is 7.11 Å². The highest BCUT2D eigenvalue weighted by molar-refractivity contribution is 5.95. The second kappa shape index (κ2) is 10.3. The van der Waals surface area contributed by atoms with Gasteiger partial charge < -0.3 is 15.4 Å². The van der Waals surface area contributed by atoms with Crippen molar-refractivity contribution in [3.63, 3.8) is 0 Å². The molecule has 1 heterocycles. The molecule has 3 N–H and O–H groups in total. The van der Waals surface area contributed by atoms with Crippen LogP contribution in [0.5, 0.6) is 0 Å². The van der Waals surface area contributed by atoms with Crippen LogP contribution in [0.1, 0.15) is 31.0 Å². The van der Waals surface area contributed by atoms with Crippen LogP contribution in [0.3, 0.4) is 0 Å². The summed E-state index contributed by atoms with van der Waals surface area (Å²) in [6.07, 6.45) is 1.01. The monoisotopic (exact) mass is 362 g/mol. The maximum Gasteiger partial charge on any atom is 0.321 e. The lowest BCUT2D eigenvalue weighted by molar-refractivity contribution is -0.122. The first-order valence-electron chi connectivity index (χ1n) is 9.16. The molecule has 26 heavy (non-hydrogen) atoms. The molecule has 3 amide bonds. The van der Waals surface area contributed by atoms with E-state index < -0.39 is 6.03 Å². The Balaban J connectivity index is 1.92. The van der Waals surface area contributed by atoms with Crippen LogP contribution >= 0.6 is 0 Å².